The number of ether oxygens (including phenoxy) is 1. The van der Waals surface area contributed by atoms with Gasteiger partial charge in [0.15, 0.2) is 6.61 Å². The number of hydrogen-bond acceptors (Lipinski definition) is 4. The summed E-state index contributed by atoms with van der Waals surface area (Å²) in [6.45, 7) is 2.40. The smallest absolute Gasteiger partial charge is 0.329 e. The fraction of sp³-hybridized carbons (Fsp3) is 0.286. The lowest BCUT2D eigenvalue weighted by Crippen LogP contribution is -2.26. The molecule has 0 spiro atoms. The van der Waals surface area contributed by atoms with Crippen molar-refractivity contribution < 1.29 is 14.3 Å². The molecule has 0 saturated heterocycles. The third-order valence-corrected chi connectivity index (χ3v) is 4.62. The molecule has 1 amide bonds. The van der Waals surface area contributed by atoms with Crippen LogP contribution in [-0.2, 0) is 27.4 Å². The number of carbonyl (C=O) groups is 2. The standard InChI is InChI=1S/C21H22ClN3O4/c1-2-11-24-17-8-3-4-9-18(17)25(21(24)28)12-10-20(27)29-14-19(26)23-16-7-5-6-15(22)13-16/h3-9,13H,2,10-12,14H2,1H3,(H,23,26). The summed E-state index contributed by atoms with van der Waals surface area (Å²) < 4.78 is 8.30. The van der Waals surface area contributed by atoms with Crippen molar-refractivity contribution in [3.63, 3.8) is 0 Å². The molecule has 0 atom stereocenters. The number of amides is 1. The number of aryl methyl sites for hydroxylation is 2. The highest BCUT2D eigenvalue weighted by molar-refractivity contribution is 6.30. The van der Waals surface area contributed by atoms with Gasteiger partial charge in [0.2, 0.25) is 0 Å². The third kappa shape index (κ3) is 5.06. The number of imidazole rings is 1. The van der Waals surface area contributed by atoms with Crippen LogP contribution >= 0.6 is 11.6 Å². The Bertz CT molecular complexity index is 1090. The molecule has 0 aliphatic rings. The minimum Gasteiger partial charge on any atom is -0.456 e. The molecular formula is C21H22ClN3O4. The van der Waals surface area contributed by atoms with Gasteiger partial charge in [0.25, 0.3) is 5.91 Å². The Balaban J connectivity index is 1.58. The molecule has 152 valence electrons. The van der Waals surface area contributed by atoms with E-state index in [4.69, 9.17) is 16.3 Å². The van der Waals surface area contributed by atoms with Crippen LogP contribution in [0.4, 0.5) is 5.69 Å². The molecule has 0 aliphatic heterocycles. The van der Waals surface area contributed by atoms with E-state index < -0.39 is 18.5 Å². The monoisotopic (exact) mass is 415 g/mol. The first-order chi connectivity index (χ1) is 14.0. The van der Waals surface area contributed by atoms with Gasteiger partial charge in [0.1, 0.15) is 0 Å². The second kappa shape index (κ2) is 9.43. The number of halogens is 1. The van der Waals surface area contributed by atoms with Gasteiger partial charge in [-0.15, -0.1) is 0 Å². The van der Waals surface area contributed by atoms with Gasteiger partial charge in [-0.1, -0.05) is 36.7 Å². The average Bonchev–Trinajstić information content (AvgIpc) is 2.96. The lowest BCUT2D eigenvalue weighted by molar-refractivity contribution is -0.147. The van der Waals surface area contributed by atoms with Crippen molar-refractivity contribution in [1.29, 1.82) is 0 Å². The molecule has 2 aromatic carbocycles. The molecule has 29 heavy (non-hydrogen) atoms. The van der Waals surface area contributed by atoms with Crippen LogP contribution in [0.25, 0.3) is 11.0 Å². The van der Waals surface area contributed by atoms with Gasteiger partial charge in [-0.05, 0) is 36.8 Å². The van der Waals surface area contributed by atoms with Crippen molar-refractivity contribution in [2.75, 3.05) is 11.9 Å². The van der Waals surface area contributed by atoms with E-state index in [0.717, 1.165) is 17.5 Å². The molecule has 8 heteroatoms. The third-order valence-electron chi connectivity index (χ3n) is 4.38. The number of hydrogen-bond donors (Lipinski definition) is 1. The van der Waals surface area contributed by atoms with Gasteiger partial charge in [0.05, 0.1) is 17.5 Å². The van der Waals surface area contributed by atoms with Crippen molar-refractivity contribution in [1.82, 2.24) is 9.13 Å². The molecule has 1 N–H and O–H groups in total. The number of rotatable bonds is 8. The SMILES string of the molecule is CCCn1c(=O)n(CCC(=O)OCC(=O)Nc2cccc(Cl)c2)c2ccccc21. The van der Waals surface area contributed by atoms with E-state index in [1.165, 1.54) is 0 Å². The van der Waals surface area contributed by atoms with Crippen molar-refractivity contribution in [3.05, 3.63) is 64.0 Å². The second-order valence-electron chi connectivity index (χ2n) is 6.54. The van der Waals surface area contributed by atoms with Crippen molar-refractivity contribution >= 4 is 40.2 Å². The maximum Gasteiger partial charge on any atom is 0.329 e. The molecule has 0 unspecified atom stereocenters. The number of para-hydroxylation sites is 2. The Hall–Kier alpha value is -3.06. The van der Waals surface area contributed by atoms with Crippen LogP contribution in [0.3, 0.4) is 0 Å². The van der Waals surface area contributed by atoms with Crippen LogP contribution in [-0.4, -0.2) is 27.6 Å². The van der Waals surface area contributed by atoms with Crippen LogP contribution in [0.15, 0.2) is 53.3 Å². The largest absolute Gasteiger partial charge is 0.456 e. The summed E-state index contributed by atoms with van der Waals surface area (Å²) in [5, 5.41) is 3.10. The van der Waals surface area contributed by atoms with E-state index in [1.54, 1.807) is 33.4 Å². The minimum absolute atomic E-state index is 0.00944. The molecule has 1 aromatic heterocycles. The number of esters is 1. The Morgan fingerprint density at radius 1 is 1.03 bits per heavy atom. The maximum absolute atomic E-state index is 12.7. The summed E-state index contributed by atoms with van der Waals surface area (Å²) in [5.74, 6) is -1.01. The molecule has 1 heterocycles. The van der Waals surface area contributed by atoms with Crippen molar-refractivity contribution in [2.45, 2.75) is 32.9 Å². The predicted octanol–water partition coefficient (Wildman–Crippen LogP) is 3.44. The van der Waals surface area contributed by atoms with Gasteiger partial charge in [-0.25, -0.2) is 4.79 Å². The summed E-state index contributed by atoms with van der Waals surface area (Å²) in [4.78, 5) is 36.7. The van der Waals surface area contributed by atoms with Gasteiger partial charge in [-0.3, -0.25) is 18.7 Å². The van der Waals surface area contributed by atoms with E-state index in [1.807, 2.05) is 31.2 Å². The molecule has 0 aliphatic carbocycles. The first-order valence-corrected chi connectivity index (χ1v) is 9.76. The number of nitrogens with zero attached hydrogens (tertiary/aromatic N) is 2. The fourth-order valence-electron chi connectivity index (χ4n) is 3.11. The summed E-state index contributed by atoms with van der Waals surface area (Å²) in [5.41, 5.74) is 1.99. The zero-order valence-electron chi connectivity index (χ0n) is 16.1. The van der Waals surface area contributed by atoms with Crippen LogP contribution in [0, 0.1) is 0 Å². The zero-order valence-corrected chi connectivity index (χ0v) is 16.8. The molecular weight excluding hydrogens is 394 g/mol. The normalized spacial score (nSPS) is 10.8. The molecule has 0 fully saturated rings. The quantitative estimate of drug-likeness (QED) is 0.571. The minimum atomic E-state index is -0.550. The van der Waals surface area contributed by atoms with Crippen LogP contribution < -0.4 is 11.0 Å². The predicted molar refractivity (Wildman–Crippen MR) is 112 cm³/mol. The molecule has 0 saturated carbocycles. The highest BCUT2D eigenvalue weighted by Gasteiger charge is 2.14. The number of aromatic nitrogens is 2. The van der Waals surface area contributed by atoms with Gasteiger partial charge in [-0.2, -0.15) is 0 Å². The maximum atomic E-state index is 12.7. The zero-order chi connectivity index (χ0) is 20.8. The van der Waals surface area contributed by atoms with Crippen molar-refractivity contribution in [2.24, 2.45) is 0 Å². The highest BCUT2D eigenvalue weighted by atomic mass is 35.5. The summed E-state index contributed by atoms with van der Waals surface area (Å²) >= 11 is 5.86. The summed E-state index contributed by atoms with van der Waals surface area (Å²) in [6, 6.07) is 14.2. The Morgan fingerprint density at radius 2 is 1.72 bits per heavy atom. The van der Waals surface area contributed by atoms with Gasteiger partial charge < -0.3 is 10.1 Å². The molecule has 3 aromatic rings. The Labute approximate surface area is 172 Å². The number of anilines is 1. The summed E-state index contributed by atoms with van der Waals surface area (Å²) in [6.07, 6.45) is 0.822. The van der Waals surface area contributed by atoms with E-state index in [-0.39, 0.29) is 18.7 Å². The van der Waals surface area contributed by atoms with Gasteiger partial charge >= 0.3 is 11.7 Å². The molecule has 0 bridgehead atoms. The van der Waals surface area contributed by atoms with E-state index in [0.29, 0.717) is 17.3 Å². The second-order valence-corrected chi connectivity index (χ2v) is 6.98. The summed E-state index contributed by atoms with van der Waals surface area (Å²) in [7, 11) is 0. The number of fused-ring (bicyclic) bond motifs is 1. The highest BCUT2D eigenvalue weighted by Crippen LogP contribution is 2.15. The van der Waals surface area contributed by atoms with Crippen LogP contribution in [0.2, 0.25) is 5.02 Å². The van der Waals surface area contributed by atoms with Crippen LogP contribution in [0.1, 0.15) is 19.8 Å². The molecule has 7 nitrogen and oxygen atoms in total. The molecule has 0 radical (unpaired) electrons. The van der Waals surface area contributed by atoms with E-state index in [2.05, 4.69) is 5.32 Å². The van der Waals surface area contributed by atoms with Gasteiger partial charge in [0, 0.05) is 23.8 Å². The van der Waals surface area contributed by atoms with Crippen LogP contribution in [0.5, 0.6) is 0 Å². The first-order valence-electron chi connectivity index (χ1n) is 9.38. The first kappa shape index (κ1) is 20.7. The van der Waals surface area contributed by atoms with Crippen molar-refractivity contribution in [3.8, 4) is 0 Å². The van der Waals surface area contributed by atoms with E-state index in [9.17, 15) is 14.4 Å². The topological polar surface area (TPSA) is 82.3 Å². The number of nitrogens with one attached hydrogen (secondary N) is 1. The average molecular weight is 416 g/mol. The number of benzene rings is 2. The lowest BCUT2D eigenvalue weighted by atomic mass is 10.3. The molecule has 3 rings (SSSR count). The fourth-order valence-corrected chi connectivity index (χ4v) is 3.30. The Morgan fingerprint density at radius 3 is 2.38 bits per heavy atom. The lowest BCUT2D eigenvalue weighted by Gasteiger charge is -2.07. The number of carbonyl (C=O) groups excluding carboxylic acids is 2. The Kier molecular flexibility index (Phi) is 6.72. The van der Waals surface area contributed by atoms with E-state index >= 15 is 0 Å².